The number of halogens is 8. The van der Waals surface area contributed by atoms with Crippen LogP contribution in [0.1, 0.15) is 52.8 Å². The zero-order valence-electron chi connectivity index (χ0n) is 19.0. The second-order valence-corrected chi connectivity index (χ2v) is 10.3. The first-order valence-corrected chi connectivity index (χ1v) is 12.8. The molecule has 0 saturated heterocycles. The number of thiophene rings is 1. The second kappa shape index (κ2) is 9.72. The molecule has 7 nitrogen and oxygen atoms in total. The lowest BCUT2D eigenvalue weighted by Crippen LogP contribution is -2.26. The first-order chi connectivity index (χ1) is 17.9. The van der Waals surface area contributed by atoms with Gasteiger partial charge in [-0.3, -0.25) is 9.48 Å². The van der Waals surface area contributed by atoms with Gasteiger partial charge in [0.05, 0.1) is 21.3 Å². The van der Waals surface area contributed by atoms with Gasteiger partial charge in [-0.1, -0.05) is 29.3 Å². The standard InChI is InChI=1S/C22H16Cl2F6N6OS/c23-14-16(33-36-13(21(25,26)27)9-11(32-19(14)36)12-3-1-8-38-12)20(37)31-6-2-7-35-17(10-4-5-10)15(24)18(34-35)22(28,29)30/h1,3,8-10H,2,4-7H2,(H,31,37). The van der Waals surface area contributed by atoms with Gasteiger partial charge in [-0.25, -0.2) is 9.50 Å². The van der Waals surface area contributed by atoms with Gasteiger partial charge in [0.15, 0.2) is 22.7 Å². The SMILES string of the molecule is O=C(NCCCn1nc(C(F)(F)F)c(Cl)c1C1CC1)c1nn2c(C(F)(F)F)cc(-c3cccs3)nc2c1Cl. The van der Waals surface area contributed by atoms with E-state index >= 15 is 0 Å². The number of rotatable bonds is 7. The normalized spacial score (nSPS) is 14.4. The maximum absolute atomic E-state index is 13.8. The van der Waals surface area contributed by atoms with Crippen LogP contribution < -0.4 is 5.32 Å². The average molecular weight is 597 g/mol. The third kappa shape index (κ3) is 5.08. The smallest absolute Gasteiger partial charge is 0.351 e. The molecule has 0 bridgehead atoms. The first-order valence-electron chi connectivity index (χ1n) is 11.2. The van der Waals surface area contributed by atoms with E-state index in [-0.39, 0.29) is 41.8 Å². The van der Waals surface area contributed by atoms with Crippen LogP contribution in [0, 0.1) is 0 Å². The van der Waals surface area contributed by atoms with Crippen LogP contribution in [0.15, 0.2) is 23.6 Å². The van der Waals surface area contributed by atoms with Gasteiger partial charge in [0, 0.05) is 19.0 Å². The third-order valence-electron chi connectivity index (χ3n) is 5.81. The summed E-state index contributed by atoms with van der Waals surface area (Å²) in [4.78, 5) is 17.4. The fourth-order valence-electron chi connectivity index (χ4n) is 3.95. The Kier molecular flexibility index (Phi) is 6.84. The lowest BCUT2D eigenvalue weighted by molar-refractivity contribution is -0.143. The van der Waals surface area contributed by atoms with Crippen molar-refractivity contribution in [3.05, 3.63) is 56.4 Å². The van der Waals surface area contributed by atoms with E-state index in [4.69, 9.17) is 23.2 Å². The maximum Gasteiger partial charge on any atom is 0.436 e. The zero-order chi connectivity index (χ0) is 27.4. The molecule has 0 aromatic carbocycles. The van der Waals surface area contributed by atoms with Gasteiger partial charge < -0.3 is 5.32 Å². The van der Waals surface area contributed by atoms with Crippen molar-refractivity contribution in [3.63, 3.8) is 0 Å². The highest BCUT2D eigenvalue weighted by Crippen LogP contribution is 2.47. The molecule has 4 heterocycles. The number of hydrogen-bond acceptors (Lipinski definition) is 5. The molecule has 1 aliphatic rings. The highest BCUT2D eigenvalue weighted by molar-refractivity contribution is 7.13. The summed E-state index contributed by atoms with van der Waals surface area (Å²) in [5.41, 5.74) is -2.78. The van der Waals surface area contributed by atoms with E-state index in [0.29, 0.717) is 27.9 Å². The minimum absolute atomic E-state index is 0.0242. The second-order valence-electron chi connectivity index (χ2n) is 8.55. The van der Waals surface area contributed by atoms with E-state index in [1.165, 1.54) is 16.0 Å². The van der Waals surface area contributed by atoms with Crippen LogP contribution in [0.25, 0.3) is 16.2 Å². The molecule has 38 heavy (non-hydrogen) atoms. The molecule has 1 amide bonds. The number of hydrogen-bond donors (Lipinski definition) is 1. The molecule has 1 saturated carbocycles. The van der Waals surface area contributed by atoms with Crippen molar-refractivity contribution in [2.75, 3.05) is 6.54 Å². The maximum atomic E-state index is 13.8. The molecule has 4 aromatic heterocycles. The predicted octanol–water partition coefficient (Wildman–Crippen LogP) is 6.70. The van der Waals surface area contributed by atoms with Crippen LogP contribution in [-0.2, 0) is 18.9 Å². The number of carbonyl (C=O) groups is 1. The summed E-state index contributed by atoms with van der Waals surface area (Å²) < 4.78 is 82.7. The lowest BCUT2D eigenvalue weighted by atomic mass is 10.2. The van der Waals surface area contributed by atoms with Crippen LogP contribution >= 0.6 is 34.5 Å². The summed E-state index contributed by atoms with van der Waals surface area (Å²) in [7, 11) is 0. The Labute approximate surface area is 224 Å². The number of aromatic nitrogens is 5. The van der Waals surface area contributed by atoms with E-state index < -0.39 is 40.4 Å². The Morgan fingerprint density at radius 3 is 2.45 bits per heavy atom. The molecule has 0 radical (unpaired) electrons. The quantitative estimate of drug-likeness (QED) is 0.190. The fourth-order valence-corrected chi connectivity index (χ4v) is 5.28. The van der Waals surface area contributed by atoms with E-state index in [9.17, 15) is 31.1 Å². The minimum atomic E-state index is -4.81. The number of nitrogens with one attached hydrogen (secondary N) is 1. The minimum Gasteiger partial charge on any atom is -0.351 e. The van der Waals surface area contributed by atoms with Crippen molar-refractivity contribution in [2.24, 2.45) is 0 Å². The summed E-state index contributed by atoms with van der Waals surface area (Å²) >= 11 is 13.4. The van der Waals surface area contributed by atoms with Crippen LogP contribution in [0.2, 0.25) is 10.0 Å². The lowest BCUT2D eigenvalue weighted by Gasteiger charge is -2.10. The summed E-state index contributed by atoms with van der Waals surface area (Å²) in [6, 6.07) is 4.08. The van der Waals surface area contributed by atoms with Gasteiger partial charge in [-0.05, 0) is 36.8 Å². The fraction of sp³-hybridized carbons (Fsp3) is 0.364. The van der Waals surface area contributed by atoms with E-state index in [2.05, 4.69) is 20.5 Å². The number of fused-ring (bicyclic) bond motifs is 1. The number of amides is 1. The van der Waals surface area contributed by atoms with Crippen LogP contribution in [0.5, 0.6) is 0 Å². The third-order valence-corrected chi connectivity index (χ3v) is 7.42. The molecular weight excluding hydrogens is 581 g/mol. The van der Waals surface area contributed by atoms with E-state index in [1.807, 2.05) is 0 Å². The molecule has 202 valence electrons. The number of carbonyl (C=O) groups excluding carboxylic acids is 1. The summed E-state index contributed by atoms with van der Waals surface area (Å²) in [6.07, 6.45) is -7.94. The largest absolute Gasteiger partial charge is 0.436 e. The Bertz CT molecular complexity index is 1510. The molecule has 1 N–H and O–H groups in total. The van der Waals surface area contributed by atoms with E-state index in [1.54, 1.807) is 17.5 Å². The van der Waals surface area contributed by atoms with Gasteiger partial charge in [0.2, 0.25) is 0 Å². The zero-order valence-corrected chi connectivity index (χ0v) is 21.3. The molecule has 0 atom stereocenters. The van der Waals surface area contributed by atoms with Gasteiger partial charge in [0.25, 0.3) is 5.91 Å². The molecule has 16 heteroatoms. The molecule has 4 aromatic rings. The summed E-state index contributed by atoms with van der Waals surface area (Å²) in [5, 5.41) is 10.8. The van der Waals surface area contributed by atoms with Crippen molar-refractivity contribution in [1.29, 1.82) is 0 Å². The van der Waals surface area contributed by atoms with Gasteiger partial charge >= 0.3 is 12.4 Å². The van der Waals surface area contributed by atoms with Crippen molar-refractivity contribution in [3.8, 4) is 10.6 Å². The molecule has 5 rings (SSSR count). The Hall–Kier alpha value is -2.84. The van der Waals surface area contributed by atoms with E-state index in [0.717, 1.165) is 6.07 Å². The first kappa shape index (κ1) is 26.8. The number of nitrogens with zero attached hydrogens (tertiary/aromatic N) is 5. The monoisotopic (exact) mass is 596 g/mol. The van der Waals surface area contributed by atoms with Gasteiger partial charge in [-0.2, -0.15) is 36.5 Å². The molecule has 1 fully saturated rings. The van der Waals surface area contributed by atoms with Crippen LogP contribution in [-0.4, -0.2) is 36.8 Å². The average Bonchev–Trinajstić information content (AvgIpc) is 3.24. The van der Waals surface area contributed by atoms with Gasteiger partial charge in [-0.15, -0.1) is 11.3 Å². The predicted molar refractivity (Wildman–Crippen MR) is 127 cm³/mol. The number of alkyl halides is 6. The molecule has 0 spiro atoms. The Morgan fingerprint density at radius 2 is 1.84 bits per heavy atom. The molecule has 1 aliphatic carbocycles. The van der Waals surface area contributed by atoms with Crippen molar-refractivity contribution in [2.45, 2.75) is 44.1 Å². The van der Waals surface area contributed by atoms with Gasteiger partial charge in [0.1, 0.15) is 5.02 Å². The van der Waals surface area contributed by atoms with Crippen molar-refractivity contribution < 1.29 is 31.1 Å². The summed E-state index contributed by atoms with van der Waals surface area (Å²) in [5.74, 6) is -0.963. The van der Waals surface area contributed by atoms with Crippen LogP contribution in [0.3, 0.4) is 0 Å². The molecule has 0 aliphatic heterocycles. The Morgan fingerprint density at radius 1 is 1.11 bits per heavy atom. The molecule has 0 unspecified atom stereocenters. The van der Waals surface area contributed by atoms with Crippen molar-refractivity contribution in [1.82, 2.24) is 29.7 Å². The number of aryl methyl sites for hydroxylation is 1. The summed E-state index contributed by atoms with van der Waals surface area (Å²) in [6.45, 7) is -0.00324. The molecular formula is C22H16Cl2F6N6OS. The topological polar surface area (TPSA) is 77.1 Å². The highest BCUT2D eigenvalue weighted by atomic mass is 35.5. The van der Waals surface area contributed by atoms with Crippen LogP contribution in [0.4, 0.5) is 26.3 Å². The highest BCUT2D eigenvalue weighted by Gasteiger charge is 2.42. The Balaban J connectivity index is 1.34. The van der Waals surface area contributed by atoms with Crippen molar-refractivity contribution >= 4 is 46.1 Å².